The van der Waals surface area contributed by atoms with Gasteiger partial charge in [-0.3, -0.25) is 4.79 Å². The van der Waals surface area contributed by atoms with Crippen LogP contribution in [0.15, 0.2) is 23.0 Å². The van der Waals surface area contributed by atoms with Crippen molar-refractivity contribution < 1.29 is 19.4 Å². The van der Waals surface area contributed by atoms with Gasteiger partial charge in [0.1, 0.15) is 17.2 Å². The molecular weight excluding hydrogens is 262 g/mol. The molecule has 0 atom stereocenters. The number of carboxylic acids is 1. The molecule has 0 aliphatic carbocycles. The van der Waals surface area contributed by atoms with Gasteiger partial charge in [-0.1, -0.05) is 0 Å². The summed E-state index contributed by atoms with van der Waals surface area (Å²) in [4.78, 5) is 23.5. The van der Waals surface area contributed by atoms with Gasteiger partial charge in [-0.15, -0.1) is 0 Å². The number of fused-ring (bicyclic) bond motifs is 1. The van der Waals surface area contributed by atoms with Crippen LogP contribution in [0.2, 0.25) is 0 Å². The van der Waals surface area contributed by atoms with Crippen LogP contribution in [0, 0.1) is 0 Å². The summed E-state index contributed by atoms with van der Waals surface area (Å²) < 4.78 is 12.0. The van der Waals surface area contributed by atoms with E-state index in [4.69, 9.17) is 9.47 Å². The first-order valence-corrected chi connectivity index (χ1v) is 6.07. The third-order valence-corrected chi connectivity index (χ3v) is 3.15. The summed E-state index contributed by atoms with van der Waals surface area (Å²) in [5, 5.41) is 9.56. The van der Waals surface area contributed by atoms with Gasteiger partial charge in [-0.25, -0.2) is 4.79 Å². The number of carboxylic acid groups (broad SMARTS) is 1. The summed E-state index contributed by atoms with van der Waals surface area (Å²) >= 11 is 0. The van der Waals surface area contributed by atoms with Gasteiger partial charge in [0.2, 0.25) is 0 Å². The van der Waals surface area contributed by atoms with Crippen molar-refractivity contribution in [1.82, 2.24) is 4.57 Å². The van der Waals surface area contributed by atoms with E-state index < -0.39 is 11.4 Å². The predicted octanol–water partition coefficient (Wildman–Crippen LogP) is 1.74. The molecule has 106 valence electrons. The Balaban J connectivity index is 3.07. The van der Waals surface area contributed by atoms with Crippen molar-refractivity contribution in [3.63, 3.8) is 0 Å². The lowest BCUT2D eigenvalue weighted by Crippen LogP contribution is -2.18. The molecule has 0 aliphatic rings. The highest BCUT2D eigenvalue weighted by molar-refractivity contribution is 5.95. The molecule has 1 N–H and O–H groups in total. The van der Waals surface area contributed by atoms with Crippen LogP contribution in [-0.4, -0.2) is 29.9 Å². The summed E-state index contributed by atoms with van der Waals surface area (Å²) in [5.74, 6) is -0.330. The van der Waals surface area contributed by atoms with Crippen LogP contribution in [0.1, 0.15) is 17.4 Å². The quantitative estimate of drug-likeness (QED) is 0.921. The number of nitrogens with zero attached hydrogens (tertiary/aromatic N) is 1. The molecule has 20 heavy (non-hydrogen) atoms. The lowest BCUT2D eigenvalue weighted by molar-refractivity contribution is 0.0685. The highest BCUT2D eigenvalue weighted by atomic mass is 16.5. The van der Waals surface area contributed by atoms with Crippen molar-refractivity contribution in [2.24, 2.45) is 0 Å². The van der Waals surface area contributed by atoms with Crippen molar-refractivity contribution in [2.45, 2.75) is 13.5 Å². The number of rotatable bonds is 4. The molecule has 0 saturated carbocycles. The maximum absolute atomic E-state index is 12.2. The summed E-state index contributed by atoms with van der Waals surface area (Å²) in [7, 11) is 2.93. The maximum Gasteiger partial charge on any atom is 0.352 e. The minimum absolute atomic E-state index is 0.0726. The number of ether oxygens (including phenoxy) is 2. The summed E-state index contributed by atoms with van der Waals surface area (Å²) in [6.45, 7) is 2.19. The molecule has 0 aliphatic heterocycles. The van der Waals surface area contributed by atoms with Gasteiger partial charge < -0.3 is 19.1 Å². The highest BCUT2D eigenvalue weighted by Crippen LogP contribution is 2.31. The van der Waals surface area contributed by atoms with E-state index in [9.17, 15) is 14.7 Å². The molecule has 6 nitrogen and oxygen atoms in total. The zero-order valence-electron chi connectivity index (χ0n) is 11.5. The molecule has 2 rings (SSSR count). The Morgan fingerprint density at radius 1 is 1.25 bits per heavy atom. The monoisotopic (exact) mass is 277 g/mol. The van der Waals surface area contributed by atoms with Gasteiger partial charge in [-0.05, 0) is 19.1 Å². The molecule has 2 aromatic rings. The second-order valence-corrected chi connectivity index (χ2v) is 4.14. The zero-order chi connectivity index (χ0) is 14.9. The number of benzene rings is 1. The summed E-state index contributed by atoms with van der Waals surface area (Å²) in [6.07, 6.45) is 0. The van der Waals surface area contributed by atoms with E-state index in [1.54, 1.807) is 19.1 Å². The Labute approximate surface area is 115 Å². The highest BCUT2D eigenvalue weighted by Gasteiger charge is 2.19. The Bertz CT molecular complexity index is 732. The molecule has 0 unspecified atom stereocenters. The van der Waals surface area contributed by atoms with E-state index in [0.29, 0.717) is 28.9 Å². The molecule has 0 saturated heterocycles. The average molecular weight is 277 g/mol. The SMILES string of the molecule is CCn1c(C(=O)O)cc(=O)c2c(OC)ccc(OC)c21. The summed E-state index contributed by atoms with van der Waals surface area (Å²) in [5.41, 5.74) is -0.0475. The first-order chi connectivity index (χ1) is 9.54. The Morgan fingerprint density at radius 2 is 1.85 bits per heavy atom. The second kappa shape index (κ2) is 5.24. The van der Waals surface area contributed by atoms with E-state index in [0.717, 1.165) is 6.07 Å². The largest absolute Gasteiger partial charge is 0.496 e. The van der Waals surface area contributed by atoms with E-state index in [1.165, 1.54) is 18.8 Å². The molecule has 6 heteroatoms. The predicted molar refractivity (Wildman–Crippen MR) is 73.9 cm³/mol. The fourth-order valence-corrected chi connectivity index (χ4v) is 2.29. The Hall–Kier alpha value is -2.50. The minimum atomic E-state index is -1.16. The smallest absolute Gasteiger partial charge is 0.352 e. The molecule has 0 spiro atoms. The van der Waals surface area contributed by atoms with Crippen molar-refractivity contribution >= 4 is 16.9 Å². The van der Waals surface area contributed by atoms with Crippen LogP contribution in [0.5, 0.6) is 11.5 Å². The standard InChI is InChI=1S/C14H15NO5/c1-4-15-8(14(17)18)7-9(16)12-10(19-2)5-6-11(20-3)13(12)15/h5-7H,4H2,1-3H3,(H,17,18). The van der Waals surface area contributed by atoms with Gasteiger partial charge in [0.15, 0.2) is 5.43 Å². The number of methoxy groups -OCH3 is 2. The van der Waals surface area contributed by atoms with E-state index >= 15 is 0 Å². The third-order valence-electron chi connectivity index (χ3n) is 3.15. The van der Waals surface area contributed by atoms with Crippen LogP contribution in [-0.2, 0) is 6.54 Å². The van der Waals surface area contributed by atoms with E-state index in [1.807, 2.05) is 0 Å². The number of pyridine rings is 1. The zero-order valence-corrected chi connectivity index (χ0v) is 11.5. The third kappa shape index (κ3) is 1.99. The van der Waals surface area contributed by atoms with Crippen LogP contribution in [0.4, 0.5) is 0 Å². The number of aromatic carboxylic acids is 1. The van der Waals surface area contributed by atoms with Crippen molar-refractivity contribution in [3.05, 3.63) is 34.1 Å². The van der Waals surface area contributed by atoms with Crippen molar-refractivity contribution in [3.8, 4) is 11.5 Å². The van der Waals surface area contributed by atoms with E-state index in [2.05, 4.69) is 0 Å². The fraction of sp³-hybridized carbons (Fsp3) is 0.286. The second-order valence-electron chi connectivity index (χ2n) is 4.14. The van der Waals surface area contributed by atoms with Crippen LogP contribution in [0.25, 0.3) is 10.9 Å². The molecule has 1 heterocycles. The molecular formula is C14H15NO5. The van der Waals surface area contributed by atoms with Crippen LogP contribution in [0.3, 0.4) is 0 Å². The number of aryl methyl sites for hydroxylation is 1. The molecule has 0 fully saturated rings. The number of carbonyl (C=O) groups is 1. The molecule has 1 aromatic carbocycles. The average Bonchev–Trinajstić information content (AvgIpc) is 2.45. The van der Waals surface area contributed by atoms with Gasteiger partial charge in [0, 0.05) is 12.6 Å². The minimum Gasteiger partial charge on any atom is -0.496 e. The van der Waals surface area contributed by atoms with Gasteiger partial charge in [0.05, 0.1) is 25.1 Å². The van der Waals surface area contributed by atoms with Crippen molar-refractivity contribution in [2.75, 3.05) is 14.2 Å². The van der Waals surface area contributed by atoms with Gasteiger partial charge >= 0.3 is 5.97 Å². The normalized spacial score (nSPS) is 10.6. The first-order valence-electron chi connectivity index (χ1n) is 6.07. The molecule has 0 bridgehead atoms. The van der Waals surface area contributed by atoms with Crippen LogP contribution < -0.4 is 14.9 Å². The number of hydrogen-bond acceptors (Lipinski definition) is 4. The van der Waals surface area contributed by atoms with Crippen molar-refractivity contribution in [1.29, 1.82) is 0 Å². The van der Waals surface area contributed by atoms with Gasteiger partial charge in [-0.2, -0.15) is 0 Å². The first kappa shape index (κ1) is 13.9. The number of hydrogen-bond donors (Lipinski definition) is 1. The molecule has 1 aromatic heterocycles. The lowest BCUT2D eigenvalue weighted by Gasteiger charge is -2.16. The summed E-state index contributed by atoms with van der Waals surface area (Å²) in [6, 6.07) is 4.39. The van der Waals surface area contributed by atoms with Gasteiger partial charge in [0.25, 0.3) is 0 Å². The molecule has 0 radical (unpaired) electrons. The topological polar surface area (TPSA) is 77.8 Å². The Kier molecular flexibility index (Phi) is 3.65. The Morgan fingerprint density at radius 3 is 2.35 bits per heavy atom. The molecule has 0 amide bonds. The number of aromatic nitrogens is 1. The maximum atomic E-state index is 12.2. The van der Waals surface area contributed by atoms with Crippen LogP contribution >= 0.6 is 0 Å². The fourth-order valence-electron chi connectivity index (χ4n) is 2.29. The lowest BCUT2D eigenvalue weighted by atomic mass is 10.1. The van der Waals surface area contributed by atoms with E-state index in [-0.39, 0.29) is 5.69 Å².